The van der Waals surface area contributed by atoms with Gasteiger partial charge in [-0.2, -0.15) is 0 Å². The third-order valence-corrected chi connectivity index (χ3v) is 2.92. The number of unbranched alkanes of at least 4 members (excludes halogenated alkanes) is 1. The lowest BCUT2D eigenvalue weighted by atomic mass is 9.84. The average molecular weight is 219 g/mol. The SMILES string of the molecule is Cc1cc(CCCCN)cc(C(C)(C)C)c1. The van der Waals surface area contributed by atoms with Crippen molar-refractivity contribution in [1.29, 1.82) is 0 Å². The summed E-state index contributed by atoms with van der Waals surface area (Å²) in [6.45, 7) is 9.79. The maximum atomic E-state index is 5.52. The summed E-state index contributed by atoms with van der Waals surface area (Å²) in [6, 6.07) is 6.95. The second kappa shape index (κ2) is 5.49. The van der Waals surface area contributed by atoms with Crippen LogP contribution in [0.25, 0.3) is 0 Å². The van der Waals surface area contributed by atoms with Crippen molar-refractivity contribution in [2.45, 2.75) is 52.4 Å². The van der Waals surface area contributed by atoms with E-state index in [0.717, 1.165) is 19.4 Å². The van der Waals surface area contributed by atoms with Crippen molar-refractivity contribution >= 4 is 0 Å². The van der Waals surface area contributed by atoms with Crippen LogP contribution in [0.4, 0.5) is 0 Å². The molecule has 0 fully saturated rings. The minimum atomic E-state index is 0.245. The lowest BCUT2D eigenvalue weighted by molar-refractivity contribution is 0.588. The molecular formula is C15H25N. The Morgan fingerprint density at radius 1 is 1.06 bits per heavy atom. The molecular weight excluding hydrogens is 194 g/mol. The van der Waals surface area contributed by atoms with E-state index in [1.807, 2.05) is 0 Å². The van der Waals surface area contributed by atoms with Crippen molar-refractivity contribution in [3.63, 3.8) is 0 Å². The van der Waals surface area contributed by atoms with E-state index in [9.17, 15) is 0 Å². The van der Waals surface area contributed by atoms with Gasteiger partial charge in [0.2, 0.25) is 0 Å². The third-order valence-electron chi connectivity index (χ3n) is 2.92. The van der Waals surface area contributed by atoms with E-state index in [4.69, 9.17) is 5.73 Å². The molecule has 0 saturated heterocycles. The maximum Gasteiger partial charge on any atom is -0.00772 e. The fourth-order valence-corrected chi connectivity index (χ4v) is 1.91. The Kier molecular flexibility index (Phi) is 4.55. The number of nitrogens with two attached hydrogens (primary N) is 1. The summed E-state index contributed by atoms with van der Waals surface area (Å²) in [5, 5.41) is 0. The molecule has 1 nitrogen and oxygen atoms in total. The molecule has 1 aromatic rings. The summed E-state index contributed by atoms with van der Waals surface area (Å²) >= 11 is 0. The van der Waals surface area contributed by atoms with Gasteiger partial charge in [0.1, 0.15) is 0 Å². The van der Waals surface area contributed by atoms with E-state index < -0.39 is 0 Å². The molecule has 1 heteroatoms. The van der Waals surface area contributed by atoms with Crippen molar-refractivity contribution in [2.75, 3.05) is 6.54 Å². The van der Waals surface area contributed by atoms with E-state index in [1.54, 1.807) is 0 Å². The molecule has 0 aliphatic rings. The molecule has 0 saturated carbocycles. The highest BCUT2D eigenvalue weighted by molar-refractivity contribution is 5.33. The highest BCUT2D eigenvalue weighted by atomic mass is 14.5. The number of hydrogen-bond acceptors (Lipinski definition) is 1. The zero-order valence-electron chi connectivity index (χ0n) is 11.1. The summed E-state index contributed by atoms with van der Waals surface area (Å²) < 4.78 is 0. The van der Waals surface area contributed by atoms with Gasteiger partial charge in [0.25, 0.3) is 0 Å². The second-order valence-corrected chi connectivity index (χ2v) is 5.70. The Balaban J connectivity index is 2.82. The van der Waals surface area contributed by atoms with Gasteiger partial charge in [0.05, 0.1) is 0 Å². The summed E-state index contributed by atoms with van der Waals surface area (Å²) in [5.74, 6) is 0. The standard InChI is InChI=1S/C15H25N/c1-12-9-13(7-5-6-8-16)11-14(10-12)15(2,3)4/h9-11H,5-8,16H2,1-4H3. The molecule has 0 radical (unpaired) electrons. The molecule has 1 rings (SSSR count). The fraction of sp³-hybridized carbons (Fsp3) is 0.600. The van der Waals surface area contributed by atoms with Crippen molar-refractivity contribution < 1.29 is 0 Å². The van der Waals surface area contributed by atoms with Crippen LogP contribution in [0, 0.1) is 6.92 Å². The highest BCUT2D eigenvalue weighted by Gasteiger charge is 2.14. The number of hydrogen-bond donors (Lipinski definition) is 1. The first-order valence-corrected chi connectivity index (χ1v) is 6.24. The normalized spacial score (nSPS) is 11.8. The monoisotopic (exact) mass is 219 g/mol. The lowest BCUT2D eigenvalue weighted by Gasteiger charge is -2.20. The van der Waals surface area contributed by atoms with Gasteiger partial charge in [-0.15, -0.1) is 0 Å². The molecule has 0 spiro atoms. The summed E-state index contributed by atoms with van der Waals surface area (Å²) in [7, 11) is 0. The summed E-state index contributed by atoms with van der Waals surface area (Å²) in [5.41, 5.74) is 10.0. The Morgan fingerprint density at radius 3 is 2.31 bits per heavy atom. The maximum absolute atomic E-state index is 5.52. The zero-order valence-corrected chi connectivity index (χ0v) is 11.1. The largest absolute Gasteiger partial charge is 0.330 e. The smallest absolute Gasteiger partial charge is 0.00772 e. The molecule has 0 aromatic heterocycles. The Hall–Kier alpha value is -0.820. The molecule has 0 bridgehead atoms. The second-order valence-electron chi connectivity index (χ2n) is 5.70. The van der Waals surface area contributed by atoms with Gasteiger partial charge in [-0.3, -0.25) is 0 Å². The molecule has 0 aliphatic heterocycles. The molecule has 16 heavy (non-hydrogen) atoms. The van der Waals surface area contributed by atoms with Crippen molar-refractivity contribution in [1.82, 2.24) is 0 Å². The van der Waals surface area contributed by atoms with Crippen LogP contribution in [0.15, 0.2) is 18.2 Å². The minimum Gasteiger partial charge on any atom is -0.330 e. The van der Waals surface area contributed by atoms with Crippen molar-refractivity contribution in [3.8, 4) is 0 Å². The van der Waals surface area contributed by atoms with Crippen LogP contribution in [0.5, 0.6) is 0 Å². The predicted molar refractivity (Wildman–Crippen MR) is 71.9 cm³/mol. The zero-order chi connectivity index (χ0) is 12.2. The van der Waals surface area contributed by atoms with Crippen LogP contribution in [-0.4, -0.2) is 6.54 Å². The molecule has 0 amide bonds. The van der Waals surface area contributed by atoms with E-state index in [-0.39, 0.29) is 5.41 Å². The van der Waals surface area contributed by atoms with Gasteiger partial charge in [-0.25, -0.2) is 0 Å². The van der Waals surface area contributed by atoms with E-state index in [1.165, 1.54) is 23.1 Å². The van der Waals surface area contributed by atoms with Crippen molar-refractivity contribution in [2.24, 2.45) is 5.73 Å². The van der Waals surface area contributed by atoms with Gasteiger partial charge < -0.3 is 5.73 Å². The predicted octanol–water partition coefficient (Wildman–Crippen LogP) is 3.57. The molecule has 0 unspecified atom stereocenters. The van der Waals surface area contributed by atoms with Crippen LogP contribution in [0.1, 0.15) is 50.3 Å². The highest BCUT2D eigenvalue weighted by Crippen LogP contribution is 2.25. The third kappa shape index (κ3) is 3.97. The van der Waals surface area contributed by atoms with Crippen LogP contribution in [0.3, 0.4) is 0 Å². The molecule has 0 heterocycles. The molecule has 1 aromatic carbocycles. The van der Waals surface area contributed by atoms with Crippen LogP contribution >= 0.6 is 0 Å². The number of benzene rings is 1. The minimum absolute atomic E-state index is 0.245. The van der Waals surface area contributed by atoms with E-state index >= 15 is 0 Å². The first-order valence-electron chi connectivity index (χ1n) is 6.24. The average Bonchev–Trinajstić information content (AvgIpc) is 2.16. The van der Waals surface area contributed by atoms with Crippen LogP contribution in [-0.2, 0) is 11.8 Å². The Morgan fingerprint density at radius 2 is 1.75 bits per heavy atom. The Labute approximate surface area is 100 Å². The van der Waals surface area contributed by atoms with Gasteiger partial charge in [0.15, 0.2) is 0 Å². The first-order chi connectivity index (χ1) is 7.43. The van der Waals surface area contributed by atoms with Gasteiger partial charge in [-0.1, -0.05) is 44.5 Å². The molecule has 0 aliphatic carbocycles. The van der Waals surface area contributed by atoms with Gasteiger partial charge in [-0.05, 0) is 49.3 Å². The number of rotatable bonds is 4. The first kappa shape index (κ1) is 13.2. The quantitative estimate of drug-likeness (QED) is 0.770. The molecule has 2 N–H and O–H groups in total. The van der Waals surface area contributed by atoms with Gasteiger partial charge >= 0.3 is 0 Å². The molecule has 90 valence electrons. The van der Waals surface area contributed by atoms with Gasteiger partial charge in [0, 0.05) is 0 Å². The Bertz CT molecular complexity index is 334. The summed E-state index contributed by atoms with van der Waals surface area (Å²) in [6.07, 6.45) is 3.48. The van der Waals surface area contributed by atoms with Crippen LogP contribution < -0.4 is 5.73 Å². The molecule has 0 atom stereocenters. The lowest BCUT2D eigenvalue weighted by Crippen LogP contribution is -2.12. The van der Waals surface area contributed by atoms with Crippen molar-refractivity contribution in [3.05, 3.63) is 34.9 Å². The topological polar surface area (TPSA) is 26.0 Å². The van der Waals surface area contributed by atoms with E-state index in [0.29, 0.717) is 0 Å². The summed E-state index contributed by atoms with van der Waals surface area (Å²) in [4.78, 5) is 0. The van der Waals surface area contributed by atoms with E-state index in [2.05, 4.69) is 45.9 Å². The number of aryl methyl sites for hydroxylation is 2. The fourth-order valence-electron chi connectivity index (χ4n) is 1.91. The van der Waals surface area contributed by atoms with Crippen LogP contribution in [0.2, 0.25) is 0 Å².